The SMILES string of the molecule is Cc1ccccc1NC(=O)c1sc2ncn(CC(N)=O)c(=O)c2c1C. The second-order valence-electron chi connectivity index (χ2n) is 5.65. The molecule has 128 valence electrons. The monoisotopic (exact) mass is 356 g/mol. The van der Waals surface area contributed by atoms with Crippen molar-refractivity contribution < 1.29 is 9.59 Å². The number of hydrogen-bond acceptors (Lipinski definition) is 5. The molecule has 0 fully saturated rings. The van der Waals surface area contributed by atoms with Crippen LogP contribution in [0, 0.1) is 13.8 Å². The van der Waals surface area contributed by atoms with E-state index in [1.54, 1.807) is 6.92 Å². The van der Waals surface area contributed by atoms with Crippen LogP contribution in [0.15, 0.2) is 35.4 Å². The normalized spacial score (nSPS) is 10.8. The zero-order chi connectivity index (χ0) is 18.1. The average molecular weight is 356 g/mol. The molecule has 2 aromatic heterocycles. The van der Waals surface area contributed by atoms with E-state index >= 15 is 0 Å². The van der Waals surface area contributed by atoms with Gasteiger partial charge in [0.2, 0.25) is 5.91 Å². The molecule has 1 aromatic carbocycles. The first-order valence-corrected chi connectivity index (χ1v) is 8.34. The number of carbonyl (C=O) groups is 2. The molecule has 3 N–H and O–H groups in total. The van der Waals surface area contributed by atoms with Crippen molar-refractivity contribution in [2.75, 3.05) is 5.32 Å². The molecule has 0 aliphatic carbocycles. The van der Waals surface area contributed by atoms with E-state index in [2.05, 4.69) is 10.3 Å². The van der Waals surface area contributed by atoms with E-state index in [-0.39, 0.29) is 18.0 Å². The van der Waals surface area contributed by atoms with Crippen molar-refractivity contribution in [1.29, 1.82) is 0 Å². The largest absolute Gasteiger partial charge is 0.368 e. The number of anilines is 1. The molecule has 0 saturated carbocycles. The van der Waals surface area contributed by atoms with Gasteiger partial charge in [-0.2, -0.15) is 0 Å². The zero-order valence-corrected chi connectivity index (χ0v) is 14.5. The van der Waals surface area contributed by atoms with Crippen LogP contribution in [0.5, 0.6) is 0 Å². The Morgan fingerprint density at radius 2 is 2.00 bits per heavy atom. The number of carbonyl (C=O) groups excluding carboxylic acids is 2. The van der Waals surface area contributed by atoms with Gasteiger partial charge < -0.3 is 11.1 Å². The van der Waals surface area contributed by atoms with Gasteiger partial charge in [0.15, 0.2) is 0 Å². The van der Waals surface area contributed by atoms with Gasteiger partial charge in [0.1, 0.15) is 11.4 Å². The van der Waals surface area contributed by atoms with Gasteiger partial charge in [-0.3, -0.25) is 19.0 Å². The first-order chi connectivity index (χ1) is 11.9. The summed E-state index contributed by atoms with van der Waals surface area (Å²) in [6.07, 6.45) is 1.27. The van der Waals surface area contributed by atoms with Crippen molar-refractivity contribution >= 4 is 39.1 Å². The maximum absolute atomic E-state index is 12.6. The highest BCUT2D eigenvalue weighted by atomic mass is 32.1. The van der Waals surface area contributed by atoms with Gasteiger partial charge in [0, 0.05) is 5.69 Å². The average Bonchev–Trinajstić information content (AvgIpc) is 2.89. The second kappa shape index (κ2) is 6.48. The number of primary amides is 1. The molecule has 25 heavy (non-hydrogen) atoms. The fourth-order valence-electron chi connectivity index (χ4n) is 2.55. The summed E-state index contributed by atoms with van der Waals surface area (Å²) in [6, 6.07) is 7.44. The Bertz CT molecular complexity index is 1050. The molecule has 0 saturated heterocycles. The Balaban J connectivity index is 2.03. The number of rotatable bonds is 4. The molecule has 3 rings (SSSR count). The molecule has 0 radical (unpaired) electrons. The minimum Gasteiger partial charge on any atom is -0.368 e. The van der Waals surface area contributed by atoms with Crippen LogP contribution in [-0.2, 0) is 11.3 Å². The van der Waals surface area contributed by atoms with E-state index < -0.39 is 5.91 Å². The van der Waals surface area contributed by atoms with Crippen LogP contribution in [0.4, 0.5) is 5.69 Å². The molecular formula is C17H16N4O3S. The number of nitrogens with one attached hydrogen (secondary N) is 1. The Morgan fingerprint density at radius 3 is 2.68 bits per heavy atom. The second-order valence-corrected chi connectivity index (χ2v) is 6.65. The van der Waals surface area contributed by atoms with Crippen LogP contribution in [0.2, 0.25) is 0 Å². The summed E-state index contributed by atoms with van der Waals surface area (Å²) < 4.78 is 1.15. The summed E-state index contributed by atoms with van der Waals surface area (Å²) in [7, 11) is 0. The molecule has 7 nitrogen and oxygen atoms in total. The van der Waals surface area contributed by atoms with Gasteiger partial charge in [-0.25, -0.2) is 4.98 Å². The number of benzene rings is 1. The van der Waals surface area contributed by atoms with Crippen LogP contribution < -0.4 is 16.6 Å². The standard InChI is InChI=1S/C17H16N4O3S/c1-9-5-3-4-6-11(9)20-15(23)14-10(2)13-16(25-14)19-8-21(17(13)24)7-12(18)22/h3-6,8H,7H2,1-2H3,(H2,18,22)(H,20,23). The van der Waals surface area contributed by atoms with Crippen LogP contribution in [0.3, 0.4) is 0 Å². The zero-order valence-electron chi connectivity index (χ0n) is 13.7. The maximum Gasteiger partial charge on any atom is 0.266 e. The molecule has 0 aliphatic rings. The molecule has 0 aliphatic heterocycles. The van der Waals surface area contributed by atoms with Crippen molar-refractivity contribution in [3.63, 3.8) is 0 Å². The molecule has 3 aromatic rings. The molecule has 8 heteroatoms. The predicted molar refractivity (Wildman–Crippen MR) is 96.9 cm³/mol. The third-order valence-electron chi connectivity index (χ3n) is 3.84. The molecule has 0 bridgehead atoms. The molecule has 2 amide bonds. The number of amides is 2. The fourth-order valence-corrected chi connectivity index (χ4v) is 3.58. The van der Waals surface area contributed by atoms with Crippen LogP contribution in [0.25, 0.3) is 10.2 Å². The van der Waals surface area contributed by atoms with E-state index in [1.807, 2.05) is 31.2 Å². The van der Waals surface area contributed by atoms with Crippen molar-refractivity contribution in [1.82, 2.24) is 9.55 Å². The number of nitrogens with two attached hydrogens (primary N) is 1. The number of nitrogens with zero attached hydrogens (tertiary/aromatic N) is 2. The van der Waals surface area contributed by atoms with Crippen LogP contribution >= 0.6 is 11.3 Å². The number of thiophene rings is 1. The summed E-state index contributed by atoms with van der Waals surface area (Å²) in [5.74, 6) is -0.927. The predicted octanol–water partition coefficient (Wildman–Crippen LogP) is 1.81. The Morgan fingerprint density at radius 1 is 1.28 bits per heavy atom. The lowest BCUT2D eigenvalue weighted by atomic mass is 10.2. The Hall–Kier alpha value is -3.00. The number of aromatic nitrogens is 2. The number of hydrogen-bond donors (Lipinski definition) is 2. The van der Waals surface area contributed by atoms with Crippen LogP contribution in [0.1, 0.15) is 20.8 Å². The third kappa shape index (κ3) is 3.16. The highest BCUT2D eigenvalue weighted by Gasteiger charge is 2.20. The van der Waals surface area contributed by atoms with E-state index in [0.29, 0.717) is 26.3 Å². The van der Waals surface area contributed by atoms with E-state index in [1.165, 1.54) is 6.33 Å². The molecule has 0 atom stereocenters. The molecular weight excluding hydrogens is 340 g/mol. The lowest BCUT2D eigenvalue weighted by Gasteiger charge is -2.07. The summed E-state index contributed by atoms with van der Waals surface area (Å²) in [5.41, 5.74) is 6.96. The van der Waals surface area contributed by atoms with E-state index in [4.69, 9.17) is 5.73 Å². The van der Waals surface area contributed by atoms with Gasteiger partial charge in [0.05, 0.1) is 16.6 Å². The van der Waals surface area contributed by atoms with Crippen molar-refractivity contribution in [3.05, 3.63) is 57.0 Å². The molecule has 0 spiro atoms. The lowest BCUT2D eigenvalue weighted by Crippen LogP contribution is -2.28. The lowest BCUT2D eigenvalue weighted by molar-refractivity contribution is -0.118. The smallest absolute Gasteiger partial charge is 0.266 e. The van der Waals surface area contributed by atoms with E-state index in [0.717, 1.165) is 21.5 Å². The van der Waals surface area contributed by atoms with Gasteiger partial charge in [-0.05, 0) is 31.0 Å². The fraction of sp³-hybridized carbons (Fsp3) is 0.176. The van der Waals surface area contributed by atoms with Crippen molar-refractivity contribution in [2.24, 2.45) is 5.73 Å². The first kappa shape index (κ1) is 16.8. The number of para-hydroxylation sites is 1. The van der Waals surface area contributed by atoms with E-state index in [9.17, 15) is 14.4 Å². The van der Waals surface area contributed by atoms with Gasteiger partial charge >= 0.3 is 0 Å². The number of aryl methyl sites for hydroxylation is 2. The Labute approximate surface area is 147 Å². The topological polar surface area (TPSA) is 107 Å². The maximum atomic E-state index is 12.6. The first-order valence-electron chi connectivity index (χ1n) is 7.52. The third-order valence-corrected chi connectivity index (χ3v) is 5.04. The molecule has 0 unspecified atom stereocenters. The quantitative estimate of drug-likeness (QED) is 0.743. The highest BCUT2D eigenvalue weighted by molar-refractivity contribution is 7.20. The highest BCUT2D eigenvalue weighted by Crippen LogP contribution is 2.28. The van der Waals surface area contributed by atoms with Crippen molar-refractivity contribution in [3.8, 4) is 0 Å². The summed E-state index contributed by atoms with van der Waals surface area (Å²) in [5, 5.41) is 3.19. The van der Waals surface area contributed by atoms with Gasteiger partial charge in [-0.15, -0.1) is 11.3 Å². The summed E-state index contributed by atoms with van der Waals surface area (Å²) >= 11 is 1.15. The van der Waals surface area contributed by atoms with Gasteiger partial charge in [0.25, 0.3) is 11.5 Å². The summed E-state index contributed by atoms with van der Waals surface area (Å²) in [4.78, 5) is 41.3. The van der Waals surface area contributed by atoms with Crippen molar-refractivity contribution in [2.45, 2.75) is 20.4 Å². The van der Waals surface area contributed by atoms with Crippen LogP contribution in [-0.4, -0.2) is 21.4 Å². The summed E-state index contributed by atoms with van der Waals surface area (Å²) in [6.45, 7) is 3.35. The number of fused-ring (bicyclic) bond motifs is 1. The van der Waals surface area contributed by atoms with Gasteiger partial charge in [-0.1, -0.05) is 18.2 Å². The Kier molecular flexibility index (Phi) is 4.37. The minimum absolute atomic E-state index is 0.248. The minimum atomic E-state index is -0.631. The molecule has 2 heterocycles.